The molecular formula is C23H31NO. The van der Waals surface area contributed by atoms with Crippen LogP contribution in [-0.2, 0) is 6.54 Å². The summed E-state index contributed by atoms with van der Waals surface area (Å²) in [7, 11) is 3.94. The summed E-state index contributed by atoms with van der Waals surface area (Å²) in [6, 6.07) is 19.2. The zero-order valence-electron chi connectivity index (χ0n) is 16.0. The minimum Gasteiger partial charge on any atom is -0.497 e. The van der Waals surface area contributed by atoms with Crippen molar-refractivity contribution in [2.24, 2.45) is 5.92 Å². The summed E-state index contributed by atoms with van der Waals surface area (Å²) in [5, 5.41) is 0. The third-order valence-electron chi connectivity index (χ3n) is 4.54. The van der Waals surface area contributed by atoms with E-state index < -0.39 is 0 Å². The number of benzene rings is 2. The maximum Gasteiger partial charge on any atom is 0.119 e. The number of ether oxygens (including phenoxy) is 1. The SMILES string of the molecule is C#C.CC[C@@H](c1cccc(OC)c1)[C@@H](C)CN(C)Cc1ccccc1. The van der Waals surface area contributed by atoms with Gasteiger partial charge in [-0.1, -0.05) is 56.3 Å². The van der Waals surface area contributed by atoms with Crippen molar-refractivity contribution in [3.05, 3.63) is 65.7 Å². The molecule has 2 rings (SSSR count). The van der Waals surface area contributed by atoms with E-state index in [0.29, 0.717) is 11.8 Å². The van der Waals surface area contributed by atoms with Gasteiger partial charge in [0, 0.05) is 13.1 Å². The van der Waals surface area contributed by atoms with Gasteiger partial charge in [-0.3, -0.25) is 0 Å². The summed E-state index contributed by atoms with van der Waals surface area (Å²) < 4.78 is 5.38. The molecule has 0 aliphatic rings. The zero-order chi connectivity index (χ0) is 18.7. The fourth-order valence-electron chi connectivity index (χ4n) is 3.42. The Labute approximate surface area is 153 Å². The van der Waals surface area contributed by atoms with E-state index in [4.69, 9.17) is 4.74 Å². The van der Waals surface area contributed by atoms with Crippen molar-refractivity contribution in [3.8, 4) is 18.6 Å². The van der Waals surface area contributed by atoms with E-state index in [0.717, 1.165) is 25.3 Å². The Morgan fingerprint density at radius 3 is 2.32 bits per heavy atom. The summed E-state index contributed by atoms with van der Waals surface area (Å²) >= 11 is 0. The molecule has 0 unspecified atom stereocenters. The average molecular weight is 338 g/mol. The molecule has 25 heavy (non-hydrogen) atoms. The summed E-state index contributed by atoms with van der Waals surface area (Å²) in [5.41, 5.74) is 2.75. The number of terminal acetylenes is 1. The van der Waals surface area contributed by atoms with Gasteiger partial charge in [0.1, 0.15) is 5.75 Å². The first-order valence-electron chi connectivity index (χ1n) is 8.83. The molecule has 0 N–H and O–H groups in total. The first-order valence-corrected chi connectivity index (χ1v) is 8.83. The lowest BCUT2D eigenvalue weighted by molar-refractivity contribution is 0.254. The molecule has 0 bridgehead atoms. The normalized spacial score (nSPS) is 12.8. The number of hydrogen-bond acceptors (Lipinski definition) is 2. The van der Waals surface area contributed by atoms with Crippen molar-refractivity contribution >= 4 is 0 Å². The number of rotatable bonds is 8. The molecule has 0 aliphatic heterocycles. The van der Waals surface area contributed by atoms with Crippen LogP contribution < -0.4 is 4.74 Å². The number of hydrogen-bond donors (Lipinski definition) is 0. The first-order chi connectivity index (χ1) is 12.1. The average Bonchev–Trinajstić information content (AvgIpc) is 2.65. The highest BCUT2D eigenvalue weighted by atomic mass is 16.5. The van der Waals surface area contributed by atoms with Crippen LogP contribution in [0.1, 0.15) is 37.3 Å². The molecule has 0 saturated heterocycles. The fraction of sp³-hybridized carbons (Fsp3) is 0.391. The molecule has 0 aromatic heterocycles. The highest BCUT2D eigenvalue weighted by molar-refractivity contribution is 5.31. The van der Waals surface area contributed by atoms with Crippen LogP contribution in [0, 0.1) is 18.8 Å². The number of methoxy groups -OCH3 is 1. The lowest BCUT2D eigenvalue weighted by Crippen LogP contribution is -2.27. The van der Waals surface area contributed by atoms with Crippen molar-refractivity contribution in [2.75, 3.05) is 20.7 Å². The van der Waals surface area contributed by atoms with Crippen molar-refractivity contribution < 1.29 is 4.74 Å². The van der Waals surface area contributed by atoms with E-state index in [1.165, 1.54) is 11.1 Å². The van der Waals surface area contributed by atoms with Gasteiger partial charge >= 0.3 is 0 Å². The van der Waals surface area contributed by atoms with Crippen LogP contribution in [0.15, 0.2) is 54.6 Å². The van der Waals surface area contributed by atoms with Gasteiger partial charge in [-0.15, -0.1) is 12.8 Å². The standard InChI is InChI=1S/C21H29NO.C2H2/c1-5-21(19-12-9-13-20(14-19)23-4)17(2)15-22(3)16-18-10-7-6-8-11-18;1-2/h6-14,17,21H,5,15-16H2,1-4H3;1-2H/t17-,21+;/m0./s1. The third-order valence-corrected chi connectivity index (χ3v) is 4.54. The smallest absolute Gasteiger partial charge is 0.119 e. The Morgan fingerprint density at radius 2 is 1.72 bits per heavy atom. The van der Waals surface area contributed by atoms with Crippen molar-refractivity contribution in [3.63, 3.8) is 0 Å². The molecule has 0 saturated carbocycles. The van der Waals surface area contributed by atoms with Crippen molar-refractivity contribution in [1.29, 1.82) is 0 Å². The Balaban J connectivity index is 0.00000151. The Bertz CT molecular complexity index is 620. The predicted octanol–water partition coefficient (Wildman–Crippen LogP) is 5.21. The van der Waals surface area contributed by atoms with E-state index in [-0.39, 0.29) is 0 Å². The minimum absolute atomic E-state index is 0.559. The molecule has 0 spiro atoms. The molecule has 0 fully saturated rings. The Kier molecular flexibility index (Phi) is 9.43. The topological polar surface area (TPSA) is 12.5 Å². The molecule has 2 aromatic rings. The molecule has 2 aromatic carbocycles. The summed E-state index contributed by atoms with van der Waals surface area (Å²) in [4.78, 5) is 2.42. The van der Waals surface area contributed by atoms with Gasteiger partial charge in [0.25, 0.3) is 0 Å². The molecule has 0 aliphatic carbocycles. The minimum atomic E-state index is 0.559. The van der Waals surface area contributed by atoms with Crippen LogP contribution in [0.4, 0.5) is 0 Å². The van der Waals surface area contributed by atoms with Gasteiger partial charge < -0.3 is 9.64 Å². The molecular weight excluding hydrogens is 306 g/mol. The molecule has 2 heteroatoms. The summed E-state index contributed by atoms with van der Waals surface area (Å²) in [6.45, 7) is 6.72. The van der Waals surface area contributed by atoms with E-state index in [9.17, 15) is 0 Å². The maximum atomic E-state index is 5.38. The van der Waals surface area contributed by atoms with Crippen LogP contribution >= 0.6 is 0 Å². The molecule has 0 heterocycles. The quantitative estimate of drug-likeness (QED) is 0.613. The predicted molar refractivity (Wildman–Crippen MR) is 108 cm³/mol. The Morgan fingerprint density at radius 1 is 1.04 bits per heavy atom. The van der Waals surface area contributed by atoms with E-state index in [1.807, 2.05) is 6.07 Å². The van der Waals surface area contributed by atoms with Crippen molar-refractivity contribution in [2.45, 2.75) is 32.7 Å². The third kappa shape index (κ3) is 6.64. The van der Waals surface area contributed by atoms with Gasteiger partial charge in [-0.2, -0.15) is 0 Å². The highest BCUT2D eigenvalue weighted by Crippen LogP contribution is 2.30. The zero-order valence-corrected chi connectivity index (χ0v) is 16.0. The van der Waals surface area contributed by atoms with Crippen LogP contribution in [0.3, 0.4) is 0 Å². The molecule has 2 atom stereocenters. The van der Waals surface area contributed by atoms with Gasteiger partial charge in [-0.25, -0.2) is 0 Å². The van der Waals surface area contributed by atoms with Crippen LogP contribution in [0.25, 0.3) is 0 Å². The number of nitrogens with zero attached hydrogens (tertiary/aromatic N) is 1. The van der Waals surface area contributed by atoms with E-state index in [1.54, 1.807) is 7.11 Å². The van der Waals surface area contributed by atoms with Gasteiger partial charge in [0.05, 0.1) is 7.11 Å². The summed E-state index contributed by atoms with van der Waals surface area (Å²) in [5.74, 6) is 2.11. The second-order valence-electron chi connectivity index (χ2n) is 6.45. The van der Waals surface area contributed by atoms with Crippen LogP contribution in [0.2, 0.25) is 0 Å². The molecule has 0 amide bonds. The lowest BCUT2D eigenvalue weighted by atomic mass is 9.84. The van der Waals surface area contributed by atoms with Gasteiger partial charge in [-0.05, 0) is 48.6 Å². The van der Waals surface area contributed by atoms with E-state index in [2.05, 4.69) is 87.2 Å². The molecule has 0 radical (unpaired) electrons. The highest BCUT2D eigenvalue weighted by Gasteiger charge is 2.19. The Hall–Kier alpha value is -2.24. The van der Waals surface area contributed by atoms with Crippen molar-refractivity contribution in [1.82, 2.24) is 4.90 Å². The van der Waals surface area contributed by atoms with Gasteiger partial charge in [0.2, 0.25) is 0 Å². The van der Waals surface area contributed by atoms with Gasteiger partial charge in [0.15, 0.2) is 0 Å². The van der Waals surface area contributed by atoms with Crippen LogP contribution in [-0.4, -0.2) is 25.6 Å². The molecule has 134 valence electrons. The monoisotopic (exact) mass is 337 g/mol. The second-order valence-corrected chi connectivity index (χ2v) is 6.45. The fourth-order valence-corrected chi connectivity index (χ4v) is 3.42. The summed E-state index contributed by atoms with van der Waals surface area (Å²) in [6.07, 6.45) is 9.15. The van der Waals surface area contributed by atoms with Crippen LogP contribution in [0.5, 0.6) is 5.75 Å². The molecule has 2 nitrogen and oxygen atoms in total. The second kappa shape index (κ2) is 11.3. The largest absolute Gasteiger partial charge is 0.497 e. The first kappa shape index (κ1) is 20.8. The lowest BCUT2D eigenvalue weighted by Gasteiger charge is -2.28. The van der Waals surface area contributed by atoms with E-state index >= 15 is 0 Å². The maximum absolute atomic E-state index is 5.38.